The largest absolute Gasteiger partial charge is 0.110 e. The summed E-state index contributed by atoms with van der Waals surface area (Å²) >= 11 is 4.23. The fourth-order valence-electron chi connectivity index (χ4n) is 2.69. The fraction of sp³-hybridized carbons (Fsp3) is 0.571. The van der Waals surface area contributed by atoms with Crippen molar-refractivity contribution in [2.24, 2.45) is 5.92 Å². The van der Waals surface area contributed by atoms with Gasteiger partial charge in [0.2, 0.25) is 0 Å². The summed E-state index contributed by atoms with van der Waals surface area (Å²) in [5, 5.41) is 0. The van der Waals surface area contributed by atoms with E-state index in [4.69, 9.17) is 0 Å². The first-order valence-corrected chi connectivity index (χ1v) is 8.12. The Morgan fingerprint density at radius 3 is 1.94 bits per heavy atom. The van der Waals surface area contributed by atoms with Gasteiger partial charge in [-0.15, -0.1) is 23.5 Å². The Morgan fingerprint density at radius 1 is 0.812 bits per heavy atom. The SMILES string of the molecule is c1ccc2c(c1)SC(C1CCCCCC1)S2. The molecule has 1 aliphatic carbocycles. The predicted molar refractivity (Wildman–Crippen MR) is 73.1 cm³/mol. The molecule has 0 spiro atoms. The molecule has 0 aromatic heterocycles. The smallest absolute Gasteiger partial charge is 0.0625 e. The lowest BCUT2D eigenvalue weighted by atomic mass is 10.0. The van der Waals surface area contributed by atoms with Crippen LogP contribution in [0.25, 0.3) is 0 Å². The van der Waals surface area contributed by atoms with Crippen molar-refractivity contribution in [1.29, 1.82) is 0 Å². The molecule has 1 aromatic rings. The van der Waals surface area contributed by atoms with Gasteiger partial charge in [0.1, 0.15) is 0 Å². The van der Waals surface area contributed by atoms with Crippen LogP contribution in [0.2, 0.25) is 0 Å². The van der Waals surface area contributed by atoms with E-state index in [0.29, 0.717) is 0 Å². The first kappa shape index (κ1) is 11.0. The van der Waals surface area contributed by atoms with Crippen molar-refractivity contribution in [3.8, 4) is 0 Å². The minimum absolute atomic E-state index is 0.801. The van der Waals surface area contributed by atoms with E-state index in [-0.39, 0.29) is 0 Å². The summed E-state index contributed by atoms with van der Waals surface area (Å²) in [6.07, 6.45) is 8.76. The van der Waals surface area contributed by atoms with Crippen molar-refractivity contribution in [2.45, 2.75) is 52.9 Å². The number of thioether (sulfide) groups is 2. The zero-order valence-corrected chi connectivity index (χ0v) is 11.2. The molecule has 0 N–H and O–H groups in total. The third-order valence-corrected chi connectivity index (χ3v) is 6.78. The van der Waals surface area contributed by atoms with Gasteiger partial charge < -0.3 is 0 Å². The summed E-state index contributed by atoms with van der Waals surface area (Å²) in [6, 6.07) is 8.90. The molecule has 0 atom stereocenters. The maximum atomic E-state index is 2.28. The average Bonchev–Trinajstić information content (AvgIpc) is 2.56. The maximum absolute atomic E-state index is 2.28. The van der Waals surface area contributed by atoms with Crippen LogP contribution in [-0.2, 0) is 0 Å². The van der Waals surface area contributed by atoms with Crippen molar-refractivity contribution >= 4 is 23.5 Å². The Bertz CT molecular complexity index is 329. The number of fused-ring (bicyclic) bond motifs is 1. The van der Waals surface area contributed by atoms with Gasteiger partial charge in [0, 0.05) is 9.79 Å². The van der Waals surface area contributed by atoms with Gasteiger partial charge in [-0.3, -0.25) is 0 Å². The van der Waals surface area contributed by atoms with Gasteiger partial charge in [0.25, 0.3) is 0 Å². The van der Waals surface area contributed by atoms with E-state index in [1.807, 2.05) is 0 Å². The van der Waals surface area contributed by atoms with Crippen LogP contribution in [-0.4, -0.2) is 4.58 Å². The van der Waals surface area contributed by atoms with Gasteiger partial charge >= 0.3 is 0 Å². The van der Waals surface area contributed by atoms with Crippen LogP contribution >= 0.6 is 23.5 Å². The minimum atomic E-state index is 0.801. The van der Waals surface area contributed by atoms with Gasteiger partial charge in [0.15, 0.2) is 0 Å². The molecule has 0 saturated heterocycles. The Labute approximate surface area is 107 Å². The van der Waals surface area contributed by atoms with Crippen LogP contribution in [0.4, 0.5) is 0 Å². The maximum Gasteiger partial charge on any atom is 0.0625 e. The van der Waals surface area contributed by atoms with E-state index in [9.17, 15) is 0 Å². The summed E-state index contributed by atoms with van der Waals surface area (Å²) < 4.78 is 0.801. The van der Waals surface area contributed by atoms with E-state index < -0.39 is 0 Å². The first-order valence-electron chi connectivity index (χ1n) is 6.36. The molecule has 0 nitrogen and oxygen atoms in total. The molecule has 2 heteroatoms. The molecule has 1 aliphatic heterocycles. The van der Waals surface area contributed by atoms with Gasteiger partial charge in [-0.1, -0.05) is 37.8 Å². The first-order chi connectivity index (χ1) is 7.93. The second kappa shape index (κ2) is 5.05. The van der Waals surface area contributed by atoms with E-state index in [0.717, 1.165) is 10.5 Å². The van der Waals surface area contributed by atoms with Crippen molar-refractivity contribution in [1.82, 2.24) is 0 Å². The topological polar surface area (TPSA) is 0 Å². The van der Waals surface area contributed by atoms with E-state index in [1.165, 1.54) is 48.3 Å². The summed E-state index contributed by atoms with van der Waals surface area (Å²) in [6.45, 7) is 0. The third-order valence-electron chi connectivity index (χ3n) is 3.62. The van der Waals surface area contributed by atoms with Gasteiger partial charge in [-0.05, 0) is 30.9 Å². The standard InChI is InChI=1S/C14H18S2/c1-2-4-8-11(7-3-1)14-15-12-9-5-6-10-13(12)16-14/h5-6,9-11,14H,1-4,7-8H2. The lowest BCUT2D eigenvalue weighted by Crippen LogP contribution is -2.10. The molecule has 86 valence electrons. The van der Waals surface area contributed by atoms with Gasteiger partial charge in [-0.25, -0.2) is 0 Å². The number of benzene rings is 1. The van der Waals surface area contributed by atoms with Crippen LogP contribution in [0.5, 0.6) is 0 Å². The van der Waals surface area contributed by atoms with Crippen molar-refractivity contribution < 1.29 is 0 Å². The monoisotopic (exact) mass is 250 g/mol. The molecular formula is C14H18S2. The normalized spacial score (nSPS) is 23.0. The number of hydrogen-bond donors (Lipinski definition) is 0. The van der Waals surface area contributed by atoms with Crippen LogP contribution in [0, 0.1) is 5.92 Å². The molecule has 0 radical (unpaired) electrons. The lowest BCUT2D eigenvalue weighted by Gasteiger charge is -2.19. The Kier molecular flexibility index (Phi) is 3.49. The molecular weight excluding hydrogens is 232 g/mol. The molecule has 1 saturated carbocycles. The van der Waals surface area contributed by atoms with Crippen LogP contribution in [0.15, 0.2) is 34.1 Å². The zero-order valence-electron chi connectivity index (χ0n) is 9.52. The fourth-order valence-corrected chi connectivity index (χ4v) is 5.91. The highest BCUT2D eigenvalue weighted by atomic mass is 32.2. The van der Waals surface area contributed by atoms with Crippen molar-refractivity contribution in [2.75, 3.05) is 0 Å². The molecule has 3 rings (SSSR count). The Morgan fingerprint density at radius 2 is 1.38 bits per heavy atom. The van der Waals surface area contributed by atoms with Crippen molar-refractivity contribution in [3.63, 3.8) is 0 Å². The highest BCUT2D eigenvalue weighted by molar-refractivity contribution is 8.19. The molecule has 2 aliphatic rings. The molecule has 1 fully saturated rings. The highest BCUT2D eigenvalue weighted by Gasteiger charge is 2.30. The van der Waals surface area contributed by atoms with Gasteiger partial charge in [-0.2, -0.15) is 0 Å². The second-order valence-corrected chi connectivity index (χ2v) is 7.47. The Balaban J connectivity index is 1.70. The highest BCUT2D eigenvalue weighted by Crippen LogP contribution is 2.52. The summed E-state index contributed by atoms with van der Waals surface area (Å²) in [7, 11) is 0. The van der Waals surface area contributed by atoms with Crippen LogP contribution < -0.4 is 0 Å². The van der Waals surface area contributed by atoms with Crippen LogP contribution in [0.1, 0.15) is 38.5 Å². The second-order valence-electron chi connectivity index (χ2n) is 4.80. The molecule has 0 amide bonds. The van der Waals surface area contributed by atoms with E-state index >= 15 is 0 Å². The number of rotatable bonds is 1. The minimum Gasteiger partial charge on any atom is -0.110 e. The molecule has 0 bridgehead atoms. The average molecular weight is 250 g/mol. The van der Waals surface area contributed by atoms with Gasteiger partial charge in [0.05, 0.1) is 4.58 Å². The summed E-state index contributed by atoms with van der Waals surface area (Å²) in [4.78, 5) is 3.03. The predicted octanol–water partition coefficient (Wildman–Crippen LogP) is 5.18. The van der Waals surface area contributed by atoms with E-state index in [1.54, 1.807) is 0 Å². The molecule has 1 heterocycles. The van der Waals surface area contributed by atoms with Crippen LogP contribution in [0.3, 0.4) is 0 Å². The van der Waals surface area contributed by atoms with Crippen molar-refractivity contribution in [3.05, 3.63) is 24.3 Å². The zero-order chi connectivity index (χ0) is 10.8. The quantitative estimate of drug-likeness (QED) is 0.630. The van der Waals surface area contributed by atoms with E-state index in [2.05, 4.69) is 47.8 Å². The summed E-state index contributed by atoms with van der Waals surface area (Å²) in [5.41, 5.74) is 0. The third kappa shape index (κ3) is 2.28. The Hall–Kier alpha value is -0.0800. The molecule has 16 heavy (non-hydrogen) atoms. The summed E-state index contributed by atoms with van der Waals surface area (Å²) in [5.74, 6) is 0.949. The number of hydrogen-bond acceptors (Lipinski definition) is 2. The lowest BCUT2D eigenvalue weighted by molar-refractivity contribution is 0.498. The molecule has 1 aromatic carbocycles. The molecule has 0 unspecified atom stereocenters.